The maximum absolute atomic E-state index is 12.3. The molecule has 38 heavy (non-hydrogen) atoms. The van der Waals surface area contributed by atoms with Gasteiger partial charge in [-0.3, -0.25) is 9.59 Å². The summed E-state index contributed by atoms with van der Waals surface area (Å²) in [5.74, 6) is 0.258. The lowest BCUT2D eigenvalue weighted by Gasteiger charge is -2.12. The standard InChI is InChI=1S/C34H60N2O2/c1-3-5-7-9-11-13-15-17-19-21-27-33(37)35-29-31-25-23-24-26-32(31)30-36-34(38)28-22-20-18-16-14-12-10-8-6-4-2/h23-26H,3-22,27-30H2,1-2H3,(H,35,37)(H,36,38). The third-order valence-electron chi connectivity index (χ3n) is 7.59. The Balaban J connectivity index is 2.10. The van der Waals surface area contributed by atoms with E-state index in [4.69, 9.17) is 0 Å². The zero-order valence-corrected chi connectivity index (χ0v) is 25.1. The van der Waals surface area contributed by atoms with E-state index in [1.165, 1.54) is 103 Å². The summed E-state index contributed by atoms with van der Waals surface area (Å²) in [5, 5.41) is 6.16. The third-order valence-corrected chi connectivity index (χ3v) is 7.59. The number of benzene rings is 1. The molecule has 0 radical (unpaired) electrons. The van der Waals surface area contributed by atoms with Crippen LogP contribution in [0.5, 0.6) is 0 Å². The molecule has 0 unspecified atom stereocenters. The summed E-state index contributed by atoms with van der Waals surface area (Å²) in [7, 11) is 0. The highest BCUT2D eigenvalue weighted by molar-refractivity contribution is 5.76. The molecule has 0 fully saturated rings. The molecule has 0 bridgehead atoms. The minimum absolute atomic E-state index is 0.129. The van der Waals surface area contributed by atoms with Crippen LogP contribution in [0.2, 0.25) is 0 Å². The van der Waals surface area contributed by atoms with Gasteiger partial charge in [-0.15, -0.1) is 0 Å². The molecule has 4 nitrogen and oxygen atoms in total. The lowest BCUT2D eigenvalue weighted by molar-refractivity contribution is -0.122. The molecule has 0 saturated carbocycles. The summed E-state index contributed by atoms with van der Waals surface area (Å²) in [4.78, 5) is 24.6. The van der Waals surface area contributed by atoms with E-state index in [0.717, 1.165) is 36.8 Å². The fourth-order valence-electron chi connectivity index (χ4n) is 5.01. The van der Waals surface area contributed by atoms with E-state index >= 15 is 0 Å². The number of amides is 2. The van der Waals surface area contributed by atoms with Crippen LogP contribution in [0.25, 0.3) is 0 Å². The molecule has 0 aromatic heterocycles. The number of hydrogen-bond acceptors (Lipinski definition) is 2. The summed E-state index contributed by atoms with van der Waals surface area (Å²) in [6.45, 7) is 5.58. The van der Waals surface area contributed by atoms with Gasteiger partial charge in [0.15, 0.2) is 0 Å². The molecule has 0 saturated heterocycles. The van der Waals surface area contributed by atoms with Crippen LogP contribution < -0.4 is 10.6 Å². The van der Waals surface area contributed by atoms with Gasteiger partial charge in [0.05, 0.1) is 0 Å². The van der Waals surface area contributed by atoms with E-state index in [1.54, 1.807) is 0 Å². The molecule has 0 aliphatic carbocycles. The lowest BCUT2D eigenvalue weighted by atomic mass is 10.1. The Labute approximate surface area is 235 Å². The van der Waals surface area contributed by atoms with Gasteiger partial charge in [-0.1, -0.05) is 154 Å². The Morgan fingerprint density at radius 3 is 1.08 bits per heavy atom. The van der Waals surface area contributed by atoms with Gasteiger partial charge in [-0.25, -0.2) is 0 Å². The monoisotopic (exact) mass is 528 g/mol. The largest absolute Gasteiger partial charge is 0.352 e. The molecule has 1 aromatic carbocycles. The first-order valence-corrected chi connectivity index (χ1v) is 16.3. The smallest absolute Gasteiger partial charge is 0.220 e. The van der Waals surface area contributed by atoms with Crippen molar-refractivity contribution < 1.29 is 9.59 Å². The normalized spacial score (nSPS) is 11.0. The van der Waals surface area contributed by atoms with E-state index in [1.807, 2.05) is 24.3 Å². The molecule has 1 rings (SSSR count). The lowest BCUT2D eigenvalue weighted by Crippen LogP contribution is -2.25. The van der Waals surface area contributed by atoms with E-state index in [2.05, 4.69) is 24.5 Å². The maximum Gasteiger partial charge on any atom is 0.220 e. The first-order valence-electron chi connectivity index (χ1n) is 16.3. The third kappa shape index (κ3) is 20.2. The number of carbonyl (C=O) groups excluding carboxylic acids is 2. The SMILES string of the molecule is CCCCCCCCCCCCC(=O)NCc1ccccc1CNC(=O)CCCCCCCCCCCC. The zero-order valence-electron chi connectivity index (χ0n) is 25.1. The molecular weight excluding hydrogens is 468 g/mol. The fourth-order valence-corrected chi connectivity index (χ4v) is 5.01. The number of hydrogen-bond donors (Lipinski definition) is 2. The second kappa shape index (κ2) is 25.4. The highest BCUT2D eigenvalue weighted by Crippen LogP contribution is 2.13. The molecule has 0 aliphatic heterocycles. The van der Waals surface area contributed by atoms with Gasteiger partial charge in [-0.05, 0) is 24.0 Å². The highest BCUT2D eigenvalue weighted by atomic mass is 16.2. The van der Waals surface area contributed by atoms with Crippen molar-refractivity contribution in [3.63, 3.8) is 0 Å². The van der Waals surface area contributed by atoms with Gasteiger partial charge in [0, 0.05) is 25.9 Å². The van der Waals surface area contributed by atoms with Crippen molar-refractivity contribution in [3.05, 3.63) is 35.4 Å². The Morgan fingerprint density at radius 2 is 0.763 bits per heavy atom. The van der Waals surface area contributed by atoms with Crippen molar-refractivity contribution in [3.8, 4) is 0 Å². The van der Waals surface area contributed by atoms with E-state index < -0.39 is 0 Å². The number of nitrogens with one attached hydrogen (secondary N) is 2. The average molecular weight is 529 g/mol. The van der Waals surface area contributed by atoms with Gasteiger partial charge >= 0.3 is 0 Å². The summed E-state index contributed by atoms with van der Waals surface area (Å²) < 4.78 is 0. The molecule has 0 atom stereocenters. The molecule has 2 N–H and O–H groups in total. The summed E-state index contributed by atoms with van der Waals surface area (Å²) in [6.07, 6.45) is 26.8. The van der Waals surface area contributed by atoms with Crippen molar-refractivity contribution in [2.24, 2.45) is 0 Å². The second-order valence-electron chi connectivity index (χ2n) is 11.2. The minimum Gasteiger partial charge on any atom is -0.352 e. The van der Waals surface area contributed by atoms with Crippen LogP contribution >= 0.6 is 0 Å². The summed E-state index contributed by atoms with van der Waals surface area (Å²) >= 11 is 0. The first kappa shape index (κ1) is 34.2. The van der Waals surface area contributed by atoms with Crippen LogP contribution in [0.3, 0.4) is 0 Å². The van der Waals surface area contributed by atoms with Crippen molar-refractivity contribution in [1.82, 2.24) is 10.6 Å². The second-order valence-corrected chi connectivity index (χ2v) is 11.2. The Hall–Kier alpha value is -1.84. The molecule has 218 valence electrons. The average Bonchev–Trinajstić information content (AvgIpc) is 2.93. The summed E-state index contributed by atoms with van der Waals surface area (Å²) in [6, 6.07) is 8.09. The van der Waals surface area contributed by atoms with Gasteiger partial charge in [0.2, 0.25) is 11.8 Å². The Kier molecular flexibility index (Phi) is 22.9. The Bertz CT molecular complexity index is 644. The predicted molar refractivity (Wildman–Crippen MR) is 163 cm³/mol. The van der Waals surface area contributed by atoms with Crippen LogP contribution in [0, 0.1) is 0 Å². The van der Waals surface area contributed by atoms with Crippen molar-refractivity contribution in [1.29, 1.82) is 0 Å². The van der Waals surface area contributed by atoms with Crippen LogP contribution in [-0.2, 0) is 22.7 Å². The zero-order chi connectivity index (χ0) is 27.5. The fraction of sp³-hybridized carbons (Fsp3) is 0.765. The highest BCUT2D eigenvalue weighted by Gasteiger charge is 2.07. The van der Waals surface area contributed by atoms with Crippen LogP contribution in [-0.4, -0.2) is 11.8 Å². The van der Waals surface area contributed by atoms with Crippen LogP contribution in [0.15, 0.2) is 24.3 Å². The first-order chi connectivity index (χ1) is 18.7. The van der Waals surface area contributed by atoms with Gasteiger partial charge in [-0.2, -0.15) is 0 Å². The summed E-state index contributed by atoms with van der Waals surface area (Å²) in [5.41, 5.74) is 2.17. The number of carbonyl (C=O) groups is 2. The number of unbranched alkanes of at least 4 members (excludes halogenated alkanes) is 18. The van der Waals surface area contributed by atoms with Crippen LogP contribution in [0.4, 0.5) is 0 Å². The van der Waals surface area contributed by atoms with Crippen LogP contribution in [0.1, 0.15) is 166 Å². The molecular formula is C34H60N2O2. The van der Waals surface area contributed by atoms with Gasteiger partial charge in [0.1, 0.15) is 0 Å². The van der Waals surface area contributed by atoms with Crippen molar-refractivity contribution in [2.75, 3.05) is 0 Å². The molecule has 0 spiro atoms. The molecule has 0 heterocycles. The predicted octanol–water partition coefficient (Wildman–Crippen LogP) is 9.54. The van der Waals surface area contributed by atoms with E-state index in [-0.39, 0.29) is 11.8 Å². The molecule has 2 amide bonds. The van der Waals surface area contributed by atoms with Gasteiger partial charge in [0.25, 0.3) is 0 Å². The molecule has 1 aromatic rings. The topological polar surface area (TPSA) is 58.2 Å². The van der Waals surface area contributed by atoms with Crippen molar-refractivity contribution >= 4 is 11.8 Å². The molecule has 4 heteroatoms. The van der Waals surface area contributed by atoms with E-state index in [0.29, 0.717) is 25.9 Å². The maximum atomic E-state index is 12.3. The quantitative estimate of drug-likeness (QED) is 0.118. The minimum atomic E-state index is 0.129. The van der Waals surface area contributed by atoms with E-state index in [9.17, 15) is 9.59 Å². The number of rotatable bonds is 26. The van der Waals surface area contributed by atoms with Crippen molar-refractivity contribution in [2.45, 2.75) is 168 Å². The van der Waals surface area contributed by atoms with Gasteiger partial charge < -0.3 is 10.6 Å². The Morgan fingerprint density at radius 1 is 0.474 bits per heavy atom. The molecule has 0 aliphatic rings.